The van der Waals surface area contributed by atoms with Gasteiger partial charge in [-0.2, -0.15) is 0 Å². The summed E-state index contributed by atoms with van der Waals surface area (Å²) < 4.78 is 0. The molecule has 0 unspecified atom stereocenters. The molecule has 0 aliphatic heterocycles. The molecule has 0 heterocycles. The average molecular weight is 544 g/mol. The molecule has 1 aromatic rings. The first-order valence-corrected chi connectivity index (χ1v) is 15.7. The minimum Gasteiger partial charge on any atom is -0.478 e. The molecule has 4 fully saturated rings. The molecule has 4 nitrogen and oxygen atoms in total. The van der Waals surface area contributed by atoms with Crippen LogP contribution in [-0.4, -0.2) is 22.4 Å². The number of rotatable bonds is 3. The fraction of sp³-hybridized carbons (Fsp3) is 0.667. The number of carbonyl (C=O) groups excluding carboxylic acids is 1. The molecule has 4 saturated carbocycles. The van der Waals surface area contributed by atoms with Gasteiger partial charge in [-0.1, -0.05) is 58.9 Å². The molecule has 0 saturated heterocycles. The van der Waals surface area contributed by atoms with E-state index in [1.165, 1.54) is 12.0 Å². The minimum absolute atomic E-state index is 0.0609. The number of carboxylic acid groups (broad SMARTS) is 1. The molecule has 3 N–H and O–H groups in total. The Morgan fingerprint density at radius 1 is 0.900 bits per heavy atom. The van der Waals surface area contributed by atoms with E-state index < -0.39 is 11.4 Å². The number of allylic oxidation sites excluding steroid dienone is 3. The van der Waals surface area contributed by atoms with Crippen LogP contribution < -0.4 is 5.73 Å². The van der Waals surface area contributed by atoms with Crippen LogP contribution in [0, 0.1) is 51.2 Å². The molecule has 40 heavy (non-hydrogen) atoms. The largest absolute Gasteiger partial charge is 0.478 e. The van der Waals surface area contributed by atoms with Gasteiger partial charge in [-0.25, -0.2) is 4.79 Å². The Kier molecular flexibility index (Phi) is 6.05. The summed E-state index contributed by atoms with van der Waals surface area (Å²) in [5, 5.41) is 9.38. The van der Waals surface area contributed by atoms with E-state index in [2.05, 4.69) is 48.1 Å². The lowest BCUT2D eigenvalue weighted by Crippen LogP contribution is -2.68. The summed E-state index contributed by atoms with van der Waals surface area (Å²) in [5.41, 5.74) is 10.4. The summed E-state index contributed by atoms with van der Waals surface area (Å²) in [6.45, 7) is 18.7. The highest BCUT2D eigenvalue weighted by Gasteiger charge is 2.71. The molecule has 0 bridgehead atoms. The average Bonchev–Trinajstić information content (AvgIpc) is 3.24. The first kappa shape index (κ1) is 27.9. The third-order valence-electron chi connectivity index (χ3n) is 14.1. The fourth-order valence-corrected chi connectivity index (χ4v) is 11.8. The van der Waals surface area contributed by atoms with Gasteiger partial charge in [-0.05, 0) is 133 Å². The number of hydrogen-bond donors (Lipinski definition) is 2. The van der Waals surface area contributed by atoms with Gasteiger partial charge in [0.15, 0.2) is 5.78 Å². The first-order valence-electron chi connectivity index (χ1n) is 15.7. The van der Waals surface area contributed by atoms with E-state index >= 15 is 0 Å². The topological polar surface area (TPSA) is 80.4 Å². The van der Waals surface area contributed by atoms with Gasteiger partial charge < -0.3 is 10.8 Å². The smallest absolute Gasteiger partial charge is 0.335 e. The standard InChI is InChI=1S/C36H49NO3/c1-21(2)24-14-17-36(37)19-18-33(5)25(30(24)36)12-13-28-34(33,6)16-15-27-32(3,4)26(20-29(38)35(27,28)7)22-8-10-23(11-9-22)31(39)40/h8-11,20,24-25,27-28,30H,1,12-19,37H2,2-7H3,(H,39,40)/t24-,25+,27-,28-,30+,33+,34+,35-,36-/m0/s1. The molecular weight excluding hydrogens is 494 g/mol. The molecule has 216 valence electrons. The van der Waals surface area contributed by atoms with Crippen LogP contribution in [-0.2, 0) is 4.79 Å². The second-order valence-electron chi connectivity index (χ2n) is 15.7. The Hall–Kier alpha value is -2.20. The molecule has 0 radical (unpaired) electrons. The molecule has 6 rings (SSSR count). The lowest BCUT2D eigenvalue weighted by molar-refractivity contribution is -0.214. The number of fused-ring (bicyclic) bond motifs is 7. The SMILES string of the molecule is C=C(C)[C@@H]1CC[C@]2(N)CC[C@]3(C)[C@H](CC[C@@H]4[C@@]5(C)C(=O)C=C(c6ccc(C(=O)O)cc6)C(C)(C)[C@@H]5CC[C@]43C)[C@@H]12. The molecule has 0 spiro atoms. The zero-order valence-corrected chi connectivity index (χ0v) is 25.5. The second kappa shape index (κ2) is 8.66. The van der Waals surface area contributed by atoms with E-state index in [1.807, 2.05) is 18.2 Å². The number of nitrogens with two attached hydrogens (primary N) is 1. The van der Waals surface area contributed by atoms with Gasteiger partial charge >= 0.3 is 5.97 Å². The maximum Gasteiger partial charge on any atom is 0.335 e. The van der Waals surface area contributed by atoms with Gasteiger partial charge in [0, 0.05) is 11.0 Å². The number of aromatic carboxylic acids is 1. The van der Waals surface area contributed by atoms with Crippen LogP contribution in [0.3, 0.4) is 0 Å². The van der Waals surface area contributed by atoms with Crippen LogP contribution in [0.2, 0.25) is 0 Å². The number of carboxylic acids is 1. The Morgan fingerprint density at radius 2 is 1.57 bits per heavy atom. The van der Waals surface area contributed by atoms with Gasteiger partial charge in [0.1, 0.15) is 0 Å². The van der Waals surface area contributed by atoms with Gasteiger partial charge in [0.2, 0.25) is 0 Å². The summed E-state index contributed by atoms with van der Waals surface area (Å²) in [7, 11) is 0. The number of benzene rings is 1. The molecule has 4 heteroatoms. The van der Waals surface area contributed by atoms with Gasteiger partial charge in [0.05, 0.1) is 5.56 Å². The quantitative estimate of drug-likeness (QED) is 0.379. The van der Waals surface area contributed by atoms with Crippen LogP contribution in [0.5, 0.6) is 0 Å². The highest BCUT2D eigenvalue weighted by atomic mass is 16.4. The monoisotopic (exact) mass is 543 g/mol. The van der Waals surface area contributed by atoms with Crippen LogP contribution in [0.1, 0.15) is 109 Å². The van der Waals surface area contributed by atoms with Crippen molar-refractivity contribution < 1.29 is 14.7 Å². The van der Waals surface area contributed by atoms with Crippen LogP contribution >= 0.6 is 0 Å². The molecule has 9 atom stereocenters. The molecule has 0 aromatic heterocycles. The zero-order chi connectivity index (χ0) is 29.0. The lowest BCUT2D eigenvalue weighted by Gasteiger charge is -2.71. The Bertz CT molecular complexity index is 1310. The van der Waals surface area contributed by atoms with Gasteiger partial charge in [-0.15, -0.1) is 0 Å². The van der Waals surface area contributed by atoms with Crippen molar-refractivity contribution in [2.24, 2.45) is 57.0 Å². The summed E-state index contributed by atoms with van der Waals surface area (Å²) in [6.07, 6.45) is 10.9. The van der Waals surface area contributed by atoms with Crippen molar-refractivity contribution in [2.75, 3.05) is 0 Å². The van der Waals surface area contributed by atoms with E-state index in [4.69, 9.17) is 5.73 Å². The van der Waals surface area contributed by atoms with Gasteiger partial charge in [0.25, 0.3) is 0 Å². The summed E-state index contributed by atoms with van der Waals surface area (Å²) in [5.74, 6) is 1.55. The predicted octanol–water partition coefficient (Wildman–Crippen LogP) is 7.93. The summed E-state index contributed by atoms with van der Waals surface area (Å²) in [4.78, 5) is 25.9. The molecular formula is C36H49NO3. The highest BCUT2D eigenvalue weighted by Crippen LogP contribution is 2.76. The van der Waals surface area contributed by atoms with Crippen molar-refractivity contribution in [3.63, 3.8) is 0 Å². The maximum absolute atomic E-state index is 14.4. The Labute approximate surface area is 240 Å². The van der Waals surface area contributed by atoms with Crippen molar-refractivity contribution in [1.82, 2.24) is 0 Å². The van der Waals surface area contributed by atoms with Crippen molar-refractivity contribution in [1.29, 1.82) is 0 Å². The third-order valence-corrected chi connectivity index (χ3v) is 14.1. The Balaban J connectivity index is 1.40. The van der Waals surface area contributed by atoms with Crippen LogP contribution in [0.4, 0.5) is 0 Å². The zero-order valence-electron chi connectivity index (χ0n) is 25.5. The van der Waals surface area contributed by atoms with Crippen molar-refractivity contribution >= 4 is 17.3 Å². The molecule has 0 amide bonds. The fourth-order valence-electron chi connectivity index (χ4n) is 11.8. The third kappa shape index (κ3) is 3.41. The van der Waals surface area contributed by atoms with E-state index in [-0.39, 0.29) is 39.0 Å². The van der Waals surface area contributed by atoms with E-state index in [1.54, 1.807) is 12.1 Å². The van der Waals surface area contributed by atoms with Crippen LogP contribution in [0.15, 0.2) is 42.5 Å². The summed E-state index contributed by atoms with van der Waals surface area (Å²) >= 11 is 0. The van der Waals surface area contributed by atoms with Crippen molar-refractivity contribution in [3.05, 3.63) is 53.6 Å². The summed E-state index contributed by atoms with van der Waals surface area (Å²) in [6, 6.07) is 7.09. The van der Waals surface area contributed by atoms with Gasteiger partial charge in [-0.3, -0.25) is 4.79 Å². The number of hydrogen-bond acceptors (Lipinski definition) is 3. The molecule has 5 aliphatic rings. The van der Waals surface area contributed by atoms with E-state index in [0.717, 1.165) is 56.1 Å². The second-order valence-corrected chi connectivity index (χ2v) is 15.7. The van der Waals surface area contributed by atoms with E-state index in [9.17, 15) is 14.7 Å². The highest BCUT2D eigenvalue weighted by molar-refractivity contribution is 6.04. The molecule has 5 aliphatic carbocycles. The van der Waals surface area contributed by atoms with Crippen LogP contribution in [0.25, 0.3) is 5.57 Å². The maximum atomic E-state index is 14.4. The number of carbonyl (C=O) groups is 2. The normalized spacial score (nSPS) is 45.4. The van der Waals surface area contributed by atoms with Crippen molar-refractivity contribution in [2.45, 2.75) is 98.4 Å². The Morgan fingerprint density at radius 3 is 2.20 bits per heavy atom. The predicted molar refractivity (Wildman–Crippen MR) is 161 cm³/mol. The van der Waals surface area contributed by atoms with E-state index in [0.29, 0.717) is 23.7 Å². The van der Waals surface area contributed by atoms with Crippen molar-refractivity contribution in [3.8, 4) is 0 Å². The minimum atomic E-state index is -0.926. The molecule has 1 aromatic carbocycles. The number of ketones is 1. The lowest BCUT2D eigenvalue weighted by atomic mass is 9.32. The first-order chi connectivity index (χ1) is 18.6.